The molecule has 3 aromatic rings. The number of ether oxygens (including phenoxy) is 1. The van der Waals surface area contributed by atoms with E-state index in [2.05, 4.69) is 26.9 Å². The second kappa shape index (κ2) is 5.68. The minimum atomic E-state index is -0.343. The van der Waals surface area contributed by atoms with Crippen LogP contribution in [0.1, 0.15) is 30.9 Å². The number of fused-ring (bicyclic) bond motifs is 3. The Hall–Kier alpha value is -3.16. The molecule has 0 unspecified atom stereocenters. The van der Waals surface area contributed by atoms with E-state index in [1.165, 1.54) is 6.20 Å². The van der Waals surface area contributed by atoms with Crippen molar-refractivity contribution in [3.05, 3.63) is 54.2 Å². The molecule has 29 heavy (non-hydrogen) atoms. The van der Waals surface area contributed by atoms with Crippen molar-refractivity contribution in [1.29, 1.82) is 0 Å². The van der Waals surface area contributed by atoms with Crippen LogP contribution in [0.3, 0.4) is 0 Å². The third kappa shape index (κ3) is 2.31. The van der Waals surface area contributed by atoms with Crippen molar-refractivity contribution in [2.24, 2.45) is 5.92 Å². The molecule has 2 aliphatic heterocycles. The molecule has 3 aromatic heterocycles. The van der Waals surface area contributed by atoms with Gasteiger partial charge in [-0.3, -0.25) is 0 Å². The lowest BCUT2D eigenvalue weighted by molar-refractivity contribution is 0.209. The third-order valence-corrected chi connectivity index (χ3v) is 6.41. The van der Waals surface area contributed by atoms with Crippen molar-refractivity contribution >= 4 is 17.2 Å². The monoisotopic (exact) mass is 392 g/mol. The molecule has 0 radical (unpaired) electrons. The first-order valence-corrected chi connectivity index (χ1v) is 9.94. The number of nitrogens with one attached hydrogen (secondary N) is 1. The molecule has 148 valence electrons. The summed E-state index contributed by atoms with van der Waals surface area (Å²) >= 11 is 0. The minimum Gasteiger partial charge on any atom is -0.473 e. The molecule has 1 spiro atoms. The van der Waals surface area contributed by atoms with E-state index in [0.29, 0.717) is 18.3 Å². The summed E-state index contributed by atoms with van der Waals surface area (Å²) in [5, 5.41) is 7.72. The van der Waals surface area contributed by atoms with Crippen molar-refractivity contribution in [3.63, 3.8) is 0 Å². The molecular weight excluding hydrogens is 371 g/mol. The number of hydrogen-bond acceptors (Lipinski definition) is 6. The van der Waals surface area contributed by atoms with Crippen LogP contribution in [0.4, 0.5) is 10.2 Å². The molecule has 7 nitrogen and oxygen atoms in total. The minimum absolute atomic E-state index is 0.171. The third-order valence-electron chi connectivity index (χ3n) is 6.41. The molecule has 1 aliphatic carbocycles. The van der Waals surface area contributed by atoms with Crippen molar-refractivity contribution in [3.8, 4) is 5.88 Å². The maximum absolute atomic E-state index is 14.2. The van der Waals surface area contributed by atoms with Gasteiger partial charge in [0, 0.05) is 24.0 Å². The molecule has 8 heteroatoms. The summed E-state index contributed by atoms with van der Waals surface area (Å²) in [7, 11) is 0. The van der Waals surface area contributed by atoms with E-state index >= 15 is 0 Å². The van der Waals surface area contributed by atoms with Crippen LogP contribution in [-0.4, -0.2) is 38.8 Å². The van der Waals surface area contributed by atoms with Gasteiger partial charge in [-0.2, -0.15) is 5.10 Å². The Bertz CT molecular complexity index is 1160. The van der Waals surface area contributed by atoms with Crippen LogP contribution in [0.5, 0.6) is 5.88 Å². The van der Waals surface area contributed by atoms with Gasteiger partial charge in [0.05, 0.1) is 30.0 Å². The van der Waals surface area contributed by atoms with Crippen molar-refractivity contribution in [1.82, 2.24) is 24.9 Å². The van der Waals surface area contributed by atoms with Gasteiger partial charge in [-0.05, 0) is 37.8 Å². The SMILES string of the molecule is C=C1NC[C@H](C)Oc2ncc(F)cc2[C@@]23C[C@@H]2CCN3c2ccn3ncc1c3n2. The van der Waals surface area contributed by atoms with Crippen molar-refractivity contribution in [2.75, 3.05) is 18.0 Å². The van der Waals surface area contributed by atoms with Gasteiger partial charge in [-0.1, -0.05) is 6.58 Å². The van der Waals surface area contributed by atoms with Gasteiger partial charge < -0.3 is 15.0 Å². The molecule has 0 aromatic carbocycles. The van der Waals surface area contributed by atoms with E-state index in [0.717, 1.165) is 47.7 Å². The van der Waals surface area contributed by atoms with Gasteiger partial charge in [0.2, 0.25) is 5.88 Å². The van der Waals surface area contributed by atoms with Crippen LogP contribution in [0, 0.1) is 11.7 Å². The molecular formula is C21H21FN6O. The lowest BCUT2D eigenvalue weighted by Crippen LogP contribution is -2.35. The number of pyridine rings is 1. The van der Waals surface area contributed by atoms with E-state index in [1.807, 2.05) is 19.2 Å². The fraction of sp³-hybridized carbons (Fsp3) is 0.381. The number of nitrogens with zero attached hydrogens (tertiary/aromatic N) is 5. The zero-order valence-corrected chi connectivity index (χ0v) is 16.1. The number of hydrogen-bond donors (Lipinski definition) is 1. The van der Waals surface area contributed by atoms with Gasteiger partial charge in [0.25, 0.3) is 0 Å². The lowest BCUT2D eigenvalue weighted by atomic mass is 10.0. The topological polar surface area (TPSA) is 67.6 Å². The van der Waals surface area contributed by atoms with Crippen LogP contribution in [-0.2, 0) is 5.54 Å². The molecule has 1 saturated carbocycles. The van der Waals surface area contributed by atoms with Crippen LogP contribution in [0.15, 0.2) is 37.3 Å². The maximum atomic E-state index is 14.2. The average Bonchev–Trinajstić information content (AvgIpc) is 3.10. The van der Waals surface area contributed by atoms with Crippen LogP contribution >= 0.6 is 0 Å². The van der Waals surface area contributed by atoms with Gasteiger partial charge in [-0.15, -0.1) is 0 Å². The second-order valence-corrected chi connectivity index (χ2v) is 8.17. The summed E-state index contributed by atoms with van der Waals surface area (Å²) in [6.07, 6.45) is 6.74. The Morgan fingerprint density at radius 3 is 3.14 bits per heavy atom. The molecule has 2 bridgehead atoms. The highest BCUT2D eigenvalue weighted by Crippen LogP contribution is 2.64. The summed E-state index contributed by atoms with van der Waals surface area (Å²) in [4.78, 5) is 11.5. The molecule has 1 N–H and O–H groups in total. The first-order valence-electron chi connectivity index (χ1n) is 9.94. The van der Waals surface area contributed by atoms with Gasteiger partial charge in [0.15, 0.2) is 5.65 Å². The van der Waals surface area contributed by atoms with E-state index < -0.39 is 0 Å². The Morgan fingerprint density at radius 2 is 2.28 bits per heavy atom. The predicted molar refractivity (Wildman–Crippen MR) is 106 cm³/mol. The standard InChI is InChI=1S/C21H21FN6O/c1-12-9-23-13(2)16-11-25-28-6-4-18(26-19(16)28)27-5-3-14-8-21(14,27)17-7-15(22)10-24-20(17)29-12/h4,6-7,10-12,14,23H,2-3,5,8-9H2,1H3/t12-,14-,21+/m0/s1. The van der Waals surface area contributed by atoms with Gasteiger partial charge >= 0.3 is 0 Å². The number of aromatic nitrogens is 4. The molecule has 6 rings (SSSR count). The number of anilines is 1. The number of halogens is 1. The molecule has 0 amide bonds. The van der Waals surface area contributed by atoms with Crippen molar-refractivity contribution in [2.45, 2.75) is 31.4 Å². The lowest BCUT2D eigenvalue weighted by Gasteiger charge is -2.31. The summed E-state index contributed by atoms with van der Waals surface area (Å²) in [5.74, 6) is 1.46. The van der Waals surface area contributed by atoms with E-state index in [-0.39, 0.29) is 17.5 Å². The molecule has 5 heterocycles. The molecule has 1 saturated heterocycles. The average molecular weight is 392 g/mol. The first-order chi connectivity index (χ1) is 14.1. The Kier molecular flexibility index (Phi) is 3.29. The summed E-state index contributed by atoms with van der Waals surface area (Å²) in [5.41, 5.74) is 2.87. The highest BCUT2D eigenvalue weighted by atomic mass is 19.1. The summed E-state index contributed by atoms with van der Waals surface area (Å²) in [6.45, 7) is 7.52. The number of rotatable bonds is 0. The fourth-order valence-electron chi connectivity index (χ4n) is 4.91. The highest BCUT2D eigenvalue weighted by Gasteiger charge is 2.65. The van der Waals surface area contributed by atoms with E-state index in [4.69, 9.17) is 9.72 Å². The Labute approximate surface area is 167 Å². The normalized spacial score (nSPS) is 27.8. The van der Waals surface area contributed by atoms with Crippen molar-refractivity contribution < 1.29 is 9.13 Å². The summed E-state index contributed by atoms with van der Waals surface area (Å²) in [6, 6.07) is 3.56. The molecule has 3 aliphatic rings. The van der Waals surface area contributed by atoms with Gasteiger partial charge in [0.1, 0.15) is 17.7 Å². The zero-order valence-electron chi connectivity index (χ0n) is 16.1. The summed E-state index contributed by atoms with van der Waals surface area (Å²) < 4.78 is 22.2. The second-order valence-electron chi connectivity index (χ2n) is 8.17. The quantitative estimate of drug-likeness (QED) is 0.635. The van der Waals surface area contributed by atoms with E-state index in [1.54, 1.807) is 16.8 Å². The Morgan fingerprint density at radius 1 is 1.38 bits per heavy atom. The van der Waals surface area contributed by atoms with Crippen LogP contribution < -0.4 is 15.0 Å². The smallest absolute Gasteiger partial charge is 0.219 e. The van der Waals surface area contributed by atoms with Crippen LogP contribution in [0.25, 0.3) is 11.3 Å². The maximum Gasteiger partial charge on any atom is 0.219 e. The van der Waals surface area contributed by atoms with Crippen LogP contribution in [0.2, 0.25) is 0 Å². The largest absolute Gasteiger partial charge is 0.473 e. The van der Waals surface area contributed by atoms with E-state index in [9.17, 15) is 4.39 Å². The number of piperidine rings is 1. The zero-order chi connectivity index (χ0) is 19.8. The molecule has 3 atom stereocenters. The van der Waals surface area contributed by atoms with Gasteiger partial charge in [-0.25, -0.2) is 18.9 Å². The fourth-order valence-corrected chi connectivity index (χ4v) is 4.91. The highest BCUT2D eigenvalue weighted by molar-refractivity contribution is 5.74. The molecule has 2 fully saturated rings. The first kappa shape index (κ1) is 16.8. The Balaban J connectivity index is 1.58. The predicted octanol–water partition coefficient (Wildman–Crippen LogP) is 2.73.